The van der Waals surface area contributed by atoms with Gasteiger partial charge in [-0.2, -0.15) is 13.5 Å². The van der Waals surface area contributed by atoms with Crippen molar-refractivity contribution in [2.24, 2.45) is 5.73 Å². The minimum atomic E-state index is -4.73. The molecule has 21 heavy (non-hydrogen) atoms. The van der Waals surface area contributed by atoms with E-state index in [1.165, 1.54) is 4.90 Å². The largest absolute Gasteiger partial charge is 0.418 e. The molecule has 2 amide bonds. The molecule has 2 fully saturated rings. The molecule has 2 aliphatic rings. The fourth-order valence-electron chi connectivity index (χ4n) is 2.72. The summed E-state index contributed by atoms with van der Waals surface area (Å²) >= 11 is 0. The van der Waals surface area contributed by atoms with Crippen molar-refractivity contribution in [3.05, 3.63) is 17.5 Å². The van der Waals surface area contributed by atoms with Gasteiger partial charge in [-0.1, -0.05) is 5.16 Å². The van der Waals surface area contributed by atoms with Gasteiger partial charge in [-0.25, -0.2) is 4.79 Å². The number of aromatic nitrogens is 1. The summed E-state index contributed by atoms with van der Waals surface area (Å²) in [5, 5.41) is 4.58. The van der Waals surface area contributed by atoms with Crippen molar-refractivity contribution >= 4 is 16.4 Å². The molecule has 116 valence electrons. The zero-order chi connectivity index (χ0) is 15.2. The molecule has 3 heterocycles. The maximum Gasteiger partial charge on any atom is 0.418 e. The summed E-state index contributed by atoms with van der Waals surface area (Å²) in [7, 11) is -4.73. The lowest BCUT2D eigenvalue weighted by molar-refractivity contribution is -0.0317. The average Bonchev–Trinajstić information content (AvgIpc) is 2.98. The summed E-state index contributed by atoms with van der Waals surface area (Å²) in [5.41, 5.74) is 6.02. The van der Waals surface area contributed by atoms with Gasteiger partial charge in [-0.05, 0) is 12.8 Å². The highest BCUT2D eigenvalue weighted by Crippen LogP contribution is 2.38. The minimum Gasteiger partial charge on any atom is -0.360 e. The van der Waals surface area contributed by atoms with Gasteiger partial charge in [0.1, 0.15) is 5.69 Å². The number of nitrogens with zero attached hydrogens (tertiary/aromatic N) is 3. The van der Waals surface area contributed by atoms with Crippen LogP contribution >= 0.6 is 0 Å². The van der Waals surface area contributed by atoms with E-state index in [1.54, 1.807) is 6.07 Å². The Balaban J connectivity index is 1.82. The Morgan fingerprint density at radius 1 is 1.52 bits per heavy atom. The van der Waals surface area contributed by atoms with Crippen LogP contribution in [0.4, 0.5) is 4.79 Å². The van der Waals surface area contributed by atoms with Gasteiger partial charge in [-0.15, -0.1) is 4.28 Å². The van der Waals surface area contributed by atoms with Crippen molar-refractivity contribution in [1.82, 2.24) is 15.1 Å². The lowest BCUT2D eigenvalue weighted by atomic mass is 9.98. The third kappa shape index (κ3) is 2.60. The average molecular weight is 318 g/mol. The molecular weight excluding hydrogens is 304 g/mol. The van der Waals surface area contributed by atoms with E-state index in [0.717, 1.165) is 0 Å². The van der Waals surface area contributed by atoms with E-state index in [0.29, 0.717) is 35.9 Å². The molecule has 2 atom stereocenters. The maximum absolute atomic E-state index is 12.2. The lowest BCUT2D eigenvalue weighted by Crippen LogP contribution is -2.35. The third-order valence-electron chi connectivity index (χ3n) is 3.62. The Kier molecular flexibility index (Phi) is 3.36. The highest BCUT2D eigenvalue weighted by atomic mass is 32.3. The number of fused-ring (bicyclic) bond motifs is 2. The highest BCUT2D eigenvalue weighted by molar-refractivity contribution is 7.80. The summed E-state index contributed by atoms with van der Waals surface area (Å²) in [4.78, 5) is 13.6. The van der Waals surface area contributed by atoms with E-state index in [4.69, 9.17) is 14.8 Å². The fraction of sp³-hybridized carbons (Fsp3) is 0.600. The molecule has 0 spiro atoms. The molecule has 0 aromatic carbocycles. The van der Waals surface area contributed by atoms with Crippen LogP contribution in [-0.2, 0) is 21.2 Å². The molecule has 11 heteroatoms. The Morgan fingerprint density at radius 2 is 2.29 bits per heavy atom. The number of nitrogens with two attached hydrogens (primary N) is 1. The molecule has 1 aromatic rings. The van der Waals surface area contributed by atoms with Crippen LogP contribution in [0.1, 0.15) is 30.3 Å². The zero-order valence-corrected chi connectivity index (χ0v) is 11.7. The fourth-order valence-corrected chi connectivity index (χ4v) is 3.11. The van der Waals surface area contributed by atoms with Crippen molar-refractivity contribution in [1.29, 1.82) is 0 Å². The van der Waals surface area contributed by atoms with Crippen molar-refractivity contribution in [3.63, 3.8) is 0 Å². The van der Waals surface area contributed by atoms with Crippen LogP contribution in [0.25, 0.3) is 0 Å². The molecule has 0 aliphatic carbocycles. The molecule has 10 nitrogen and oxygen atoms in total. The molecule has 2 saturated heterocycles. The molecule has 0 saturated carbocycles. The quantitative estimate of drug-likeness (QED) is 0.728. The molecule has 0 unspecified atom stereocenters. The van der Waals surface area contributed by atoms with Crippen molar-refractivity contribution in [3.8, 4) is 0 Å². The van der Waals surface area contributed by atoms with Crippen LogP contribution in [-0.4, -0.2) is 46.7 Å². The number of rotatable bonds is 4. The van der Waals surface area contributed by atoms with Crippen LogP contribution in [0.3, 0.4) is 0 Å². The van der Waals surface area contributed by atoms with Crippen LogP contribution < -0.4 is 5.73 Å². The lowest BCUT2D eigenvalue weighted by Gasteiger charge is -2.28. The Hall–Kier alpha value is -1.69. The highest BCUT2D eigenvalue weighted by Gasteiger charge is 2.48. The van der Waals surface area contributed by atoms with Gasteiger partial charge in [0.2, 0.25) is 0 Å². The molecule has 3 rings (SSSR count). The Morgan fingerprint density at radius 3 is 2.90 bits per heavy atom. The predicted octanol–water partition coefficient (Wildman–Crippen LogP) is -0.191. The Bertz CT molecular complexity index is 658. The first-order valence-electron chi connectivity index (χ1n) is 6.31. The normalized spacial score (nSPS) is 25.7. The van der Waals surface area contributed by atoms with Crippen LogP contribution in [0.5, 0.6) is 0 Å². The molecule has 2 bridgehead atoms. The summed E-state index contributed by atoms with van der Waals surface area (Å²) < 4.78 is 39.7. The third-order valence-corrected chi connectivity index (χ3v) is 3.97. The van der Waals surface area contributed by atoms with Gasteiger partial charge >= 0.3 is 16.4 Å². The number of carbonyl (C=O) groups is 1. The molecule has 3 N–H and O–H groups in total. The molecular formula is C10H14N4O6S. The van der Waals surface area contributed by atoms with Gasteiger partial charge < -0.3 is 15.2 Å². The number of hydroxylamine groups is 2. The summed E-state index contributed by atoms with van der Waals surface area (Å²) in [5.74, 6) is 0.504. The zero-order valence-electron chi connectivity index (χ0n) is 10.9. The molecule has 1 aromatic heterocycles. The number of hydrogen-bond acceptors (Lipinski definition) is 7. The van der Waals surface area contributed by atoms with E-state index in [1.807, 2.05) is 0 Å². The number of amides is 2. The van der Waals surface area contributed by atoms with Crippen molar-refractivity contribution in [2.45, 2.75) is 31.5 Å². The topological polar surface area (TPSA) is 139 Å². The monoisotopic (exact) mass is 318 g/mol. The number of carbonyl (C=O) groups excluding carboxylic acids is 1. The first-order chi connectivity index (χ1) is 9.89. The van der Waals surface area contributed by atoms with E-state index >= 15 is 0 Å². The van der Waals surface area contributed by atoms with Gasteiger partial charge in [0.25, 0.3) is 0 Å². The van der Waals surface area contributed by atoms with E-state index < -0.39 is 22.5 Å². The summed E-state index contributed by atoms with van der Waals surface area (Å²) in [6, 6.07) is 0.298. The van der Waals surface area contributed by atoms with E-state index in [9.17, 15) is 13.2 Å². The van der Waals surface area contributed by atoms with Crippen LogP contribution in [0, 0.1) is 0 Å². The molecule has 0 radical (unpaired) electrons. The SMILES string of the molecule is NCc1cc([C@H]2CC[C@@H]3CN2C(=O)N3OS(=O)(=O)O)no1. The van der Waals surface area contributed by atoms with E-state index in [2.05, 4.69) is 9.44 Å². The number of piperidine rings is 1. The van der Waals surface area contributed by atoms with Crippen LogP contribution in [0.2, 0.25) is 0 Å². The first-order valence-corrected chi connectivity index (χ1v) is 7.68. The van der Waals surface area contributed by atoms with Gasteiger partial charge in [-0.3, -0.25) is 4.55 Å². The van der Waals surface area contributed by atoms with E-state index in [-0.39, 0.29) is 12.6 Å². The second-order valence-corrected chi connectivity index (χ2v) is 5.94. The maximum atomic E-state index is 12.2. The minimum absolute atomic E-state index is 0.203. The standard InChI is InChI=1S/C10H14N4O6S/c11-4-7-3-8(12-19-7)9-2-1-6-5-13(9)10(15)14(6)20-21(16,17)18/h3,6,9H,1-2,4-5,11H2,(H,16,17,18)/t6-,9-/m1/s1. The molecule has 2 aliphatic heterocycles. The predicted molar refractivity (Wildman–Crippen MR) is 66.7 cm³/mol. The van der Waals surface area contributed by atoms with Gasteiger partial charge in [0, 0.05) is 12.6 Å². The van der Waals surface area contributed by atoms with Crippen molar-refractivity contribution < 1.29 is 26.6 Å². The van der Waals surface area contributed by atoms with Gasteiger partial charge in [0.15, 0.2) is 5.76 Å². The second kappa shape index (κ2) is 4.94. The van der Waals surface area contributed by atoms with Crippen LogP contribution in [0.15, 0.2) is 10.6 Å². The summed E-state index contributed by atoms with van der Waals surface area (Å²) in [6.45, 7) is 0.498. The smallest absolute Gasteiger partial charge is 0.360 e. The second-order valence-electron chi connectivity index (χ2n) is 4.93. The summed E-state index contributed by atoms with van der Waals surface area (Å²) in [6.07, 6.45) is 1.10. The Labute approximate surface area is 120 Å². The van der Waals surface area contributed by atoms with Crippen molar-refractivity contribution in [2.75, 3.05) is 6.54 Å². The van der Waals surface area contributed by atoms with Gasteiger partial charge in [0.05, 0.1) is 18.6 Å². The number of urea groups is 1. The number of hydrogen-bond donors (Lipinski definition) is 2. The first kappa shape index (κ1) is 14.3.